The molecule has 0 spiro atoms. The molecule has 108 valence electrons. The monoisotopic (exact) mass is 393 g/mol. The van der Waals surface area contributed by atoms with Crippen molar-refractivity contribution in [3.05, 3.63) is 51.2 Å². The minimum Gasteiger partial charge on any atom is -0.497 e. The summed E-state index contributed by atoms with van der Waals surface area (Å²) in [6, 6.07) is 12.4. The van der Waals surface area contributed by atoms with Crippen LogP contribution in [0.15, 0.2) is 36.4 Å². The van der Waals surface area contributed by atoms with Crippen molar-refractivity contribution in [3.63, 3.8) is 0 Å². The molecular weight excluding hydrogens is 377 g/mol. The minimum atomic E-state index is 0.678. The molecule has 1 heterocycles. The van der Waals surface area contributed by atoms with Gasteiger partial charge in [-0.1, -0.05) is 18.2 Å². The van der Waals surface area contributed by atoms with Crippen LogP contribution in [0.25, 0.3) is 10.8 Å². The van der Waals surface area contributed by atoms with Gasteiger partial charge in [0.2, 0.25) is 0 Å². The van der Waals surface area contributed by atoms with E-state index in [1.165, 1.54) is 10.9 Å². The van der Waals surface area contributed by atoms with Crippen LogP contribution >= 0.6 is 22.6 Å². The third kappa shape index (κ3) is 2.70. The average Bonchev–Trinajstić information content (AvgIpc) is 2.74. The van der Waals surface area contributed by atoms with Gasteiger partial charge in [-0.2, -0.15) is 5.10 Å². The molecule has 0 saturated carbocycles. The van der Waals surface area contributed by atoms with Gasteiger partial charge in [-0.15, -0.1) is 0 Å². The fourth-order valence-corrected chi connectivity index (χ4v) is 2.76. The van der Waals surface area contributed by atoms with Gasteiger partial charge in [-0.3, -0.25) is 0 Å². The third-order valence-corrected chi connectivity index (χ3v) is 4.87. The number of anilines is 1. The number of ether oxygens (including phenoxy) is 1. The van der Waals surface area contributed by atoms with E-state index in [0.717, 1.165) is 26.2 Å². The van der Waals surface area contributed by atoms with Crippen molar-refractivity contribution in [1.29, 1.82) is 0 Å². The first-order valence-corrected chi connectivity index (χ1v) is 7.71. The van der Waals surface area contributed by atoms with E-state index in [1.54, 1.807) is 7.11 Å². The summed E-state index contributed by atoms with van der Waals surface area (Å²) in [7, 11) is 1.68. The van der Waals surface area contributed by atoms with Gasteiger partial charge in [0.15, 0.2) is 0 Å². The predicted molar refractivity (Wildman–Crippen MR) is 93.7 cm³/mol. The zero-order valence-electron chi connectivity index (χ0n) is 11.9. The predicted octanol–water partition coefficient (Wildman–Crippen LogP) is 3.59. The molecule has 0 fully saturated rings. The minimum absolute atomic E-state index is 0.678. The molecule has 0 radical (unpaired) electrons. The molecule has 0 bridgehead atoms. The highest BCUT2D eigenvalue weighted by molar-refractivity contribution is 14.1. The molecule has 21 heavy (non-hydrogen) atoms. The lowest BCUT2D eigenvalue weighted by Crippen LogP contribution is -2.06. The molecule has 2 aromatic carbocycles. The first-order chi connectivity index (χ1) is 10.1. The van der Waals surface area contributed by atoms with Crippen LogP contribution < -0.4 is 10.5 Å². The highest BCUT2D eigenvalue weighted by Crippen LogP contribution is 2.24. The second-order valence-corrected chi connectivity index (χ2v) is 6.07. The maximum Gasteiger partial charge on any atom is 0.135 e. The quantitative estimate of drug-likeness (QED) is 0.692. The van der Waals surface area contributed by atoms with Crippen molar-refractivity contribution in [1.82, 2.24) is 9.78 Å². The first-order valence-electron chi connectivity index (χ1n) is 6.63. The molecule has 3 rings (SSSR count). The van der Waals surface area contributed by atoms with Crippen molar-refractivity contribution in [3.8, 4) is 5.75 Å². The van der Waals surface area contributed by atoms with E-state index in [-0.39, 0.29) is 0 Å². The normalized spacial score (nSPS) is 11.0. The molecule has 5 heteroatoms. The van der Waals surface area contributed by atoms with Gasteiger partial charge in [0.25, 0.3) is 0 Å². The number of nitrogens with two attached hydrogens (primary N) is 1. The van der Waals surface area contributed by atoms with Crippen LogP contribution in [-0.4, -0.2) is 16.9 Å². The van der Waals surface area contributed by atoms with E-state index in [9.17, 15) is 0 Å². The Labute approximate surface area is 137 Å². The lowest BCUT2D eigenvalue weighted by Gasteiger charge is -2.07. The van der Waals surface area contributed by atoms with Gasteiger partial charge in [-0.25, -0.2) is 4.68 Å². The topological polar surface area (TPSA) is 53.1 Å². The Morgan fingerprint density at radius 1 is 1.19 bits per heavy atom. The molecule has 0 aliphatic rings. The Balaban J connectivity index is 1.96. The van der Waals surface area contributed by atoms with Crippen LogP contribution in [0.5, 0.6) is 5.75 Å². The third-order valence-electron chi connectivity index (χ3n) is 3.54. The second-order valence-electron chi connectivity index (χ2n) is 4.99. The first kappa shape index (κ1) is 14.2. The fourth-order valence-electron chi connectivity index (χ4n) is 2.37. The van der Waals surface area contributed by atoms with E-state index in [0.29, 0.717) is 6.54 Å². The number of hydrogen-bond donors (Lipinski definition) is 1. The standard InChI is InChI=1S/C16H16IN3O/c1-10-15(17)16(18)20(19-10)9-11-3-4-13-8-14(21-2)6-5-12(13)7-11/h3-8H,9,18H2,1-2H3. The number of nitrogens with zero attached hydrogens (tertiary/aromatic N) is 2. The van der Waals surface area contributed by atoms with Crippen molar-refractivity contribution in [2.75, 3.05) is 12.8 Å². The number of aromatic nitrogens is 2. The molecular formula is C16H16IN3O. The summed E-state index contributed by atoms with van der Waals surface area (Å²) in [4.78, 5) is 0. The highest BCUT2D eigenvalue weighted by Gasteiger charge is 2.10. The zero-order chi connectivity index (χ0) is 15.0. The van der Waals surface area contributed by atoms with Gasteiger partial charge in [0.05, 0.1) is 22.9 Å². The van der Waals surface area contributed by atoms with Crippen LogP contribution in [0, 0.1) is 10.5 Å². The molecule has 3 aromatic rings. The van der Waals surface area contributed by atoms with Crippen LogP contribution in [-0.2, 0) is 6.54 Å². The van der Waals surface area contributed by atoms with Gasteiger partial charge in [-0.05, 0) is 64.0 Å². The number of rotatable bonds is 3. The van der Waals surface area contributed by atoms with Crippen LogP contribution in [0.3, 0.4) is 0 Å². The van der Waals surface area contributed by atoms with Crippen molar-refractivity contribution in [2.24, 2.45) is 0 Å². The highest BCUT2D eigenvalue weighted by atomic mass is 127. The number of halogens is 1. The van der Waals surface area contributed by atoms with Crippen LogP contribution in [0.2, 0.25) is 0 Å². The van der Waals surface area contributed by atoms with Crippen molar-refractivity contribution < 1.29 is 4.74 Å². The van der Waals surface area contributed by atoms with Gasteiger partial charge >= 0.3 is 0 Å². The fraction of sp³-hybridized carbons (Fsp3) is 0.188. The van der Waals surface area contributed by atoms with Gasteiger partial charge in [0, 0.05) is 0 Å². The number of hydrogen-bond acceptors (Lipinski definition) is 3. The van der Waals surface area contributed by atoms with E-state index in [4.69, 9.17) is 10.5 Å². The number of aryl methyl sites for hydroxylation is 1. The van der Waals surface area contributed by atoms with Crippen LogP contribution in [0.4, 0.5) is 5.82 Å². The lowest BCUT2D eigenvalue weighted by atomic mass is 10.1. The zero-order valence-corrected chi connectivity index (χ0v) is 14.1. The maximum absolute atomic E-state index is 6.08. The molecule has 1 aromatic heterocycles. The lowest BCUT2D eigenvalue weighted by molar-refractivity contribution is 0.415. The molecule has 0 unspecified atom stereocenters. The summed E-state index contributed by atoms with van der Waals surface area (Å²) in [5.41, 5.74) is 8.23. The maximum atomic E-state index is 6.08. The van der Waals surface area contributed by atoms with E-state index in [1.807, 2.05) is 23.7 Å². The summed E-state index contributed by atoms with van der Waals surface area (Å²) in [5.74, 6) is 1.60. The number of methoxy groups -OCH3 is 1. The Bertz CT molecular complexity index is 811. The summed E-state index contributed by atoms with van der Waals surface area (Å²) >= 11 is 2.23. The molecule has 2 N–H and O–H groups in total. The Hall–Kier alpha value is -1.76. The molecule has 0 amide bonds. The molecule has 4 nitrogen and oxygen atoms in total. The molecule has 0 aliphatic carbocycles. The summed E-state index contributed by atoms with van der Waals surface area (Å²) in [6.45, 7) is 2.65. The Morgan fingerprint density at radius 2 is 1.90 bits per heavy atom. The Kier molecular flexibility index (Phi) is 3.75. The largest absolute Gasteiger partial charge is 0.497 e. The number of nitrogen functional groups attached to an aromatic ring is 1. The second kappa shape index (κ2) is 5.55. The smallest absolute Gasteiger partial charge is 0.135 e. The molecule has 0 atom stereocenters. The Morgan fingerprint density at radius 3 is 2.57 bits per heavy atom. The van der Waals surface area contributed by atoms with E-state index in [2.05, 4.69) is 52.0 Å². The summed E-state index contributed by atoms with van der Waals surface area (Å²) < 4.78 is 8.12. The summed E-state index contributed by atoms with van der Waals surface area (Å²) in [6.07, 6.45) is 0. The summed E-state index contributed by atoms with van der Waals surface area (Å²) in [5, 5.41) is 6.83. The van der Waals surface area contributed by atoms with Crippen LogP contribution in [0.1, 0.15) is 11.3 Å². The number of benzene rings is 2. The molecule has 0 aliphatic heterocycles. The van der Waals surface area contributed by atoms with Crippen molar-refractivity contribution >= 4 is 39.2 Å². The number of fused-ring (bicyclic) bond motifs is 1. The van der Waals surface area contributed by atoms with E-state index >= 15 is 0 Å². The SMILES string of the molecule is COc1ccc2cc(Cn3nc(C)c(I)c3N)ccc2c1. The van der Waals surface area contributed by atoms with Crippen molar-refractivity contribution in [2.45, 2.75) is 13.5 Å². The van der Waals surface area contributed by atoms with Gasteiger partial charge in [0.1, 0.15) is 11.6 Å². The van der Waals surface area contributed by atoms with Gasteiger partial charge < -0.3 is 10.5 Å². The van der Waals surface area contributed by atoms with E-state index < -0.39 is 0 Å². The molecule has 0 saturated heterocycles. The average molecular weight is 393 g/mol.